The summed E-state index contributed by atoms with van der Waals surface area (Å²) in [7, 11) is 0. The minimum Gasteiger partial charge on any atom is -0.340 e. The van der Waals surface area contributed by atoms with Crippen LogP contribution in [-0.2, 0) is 4.74 Å². The van der Waals surface area contributed by atoms with Gasteiger partial charge in [-0.3, -0.25) is 0 Å². The number of ether oxygens (including phenoxy) is 1. The van der Waals surface area contributed by atoms with E-state index in [0.717, 1.165) is 11.4 Å². The summed E-state index contributed by atoms with van der Waals surface area (Å²) in [4.78, 5) is 1.93. The molecule has 0 spiro atoms. The van der Waals surface area contributed by atoms with Crippen LogP contribution in [0.15, 0.2) is 42.1 Å². The number of allylic oxidation sites excluding steroid dienone is 1. The first kappa shape index (κ1) is 8.32. The highest BCUT2D eigenvalue weighted by molar-refractivity contribution is 5.54. The maximum Gasteiger partial charge on any atom is 0.254 e. The lowest BCUT2D eigenvalue weighted by atomic mass is 10.3. The Kier molecular flexibility index (Phi) is 2.32. The summed E-state index contributed by atoms with van der Waals surface area (Å²) in [5, 5.41) is 0. The maximum absolute atomic E-state index is 5.12. The smallest absolute Gasteiger partial charge is 0.254 e. The third-order valence-electron chi connectivity index (χ3n) is 2.01. The van der Waals surface area contributed by atoms with Gasteiger partial charge in [-0.2, -0.15) is 0 Å². The van der Waals surface area contributed by atoms with Crippen molar-refractivity contribution in [1.29, 1.82) is 0 Å². The first-order chi connectivity index (χ1) is 6.42. The Morgan fingerprint density at radius 3 is 2.85 bits per heavy atom. The number of anilines is 1. The second kappa shape index (κ2) is 3.62. The minimum absolute atomic E-state index is 0.616. The van der Waals surface area contributed by atoms with Crippen molar-refractivity contribution in [2.45, 2.75) is 6.92 Å². The highest BCUT2D eigenvalue weighted by Crippen LogP contribution is 2.25. The fraction of sp³-hybridized carbons (Fsp3) is 0.182. The van der Waals surface area contributed by atoms with Gasteiger partial charge in [0.1, 0.15) is 0 Å². The molecule has 1 saturated heterocycles. The summed E-state index contributed by atoms with van der Waals surface area (Å²) in [6, 6.07) is 10.1. The lowest BCUT2D eigenvalue weighted by Crippen LogP contribution is -2.12. The monoisotopic (exact) mass is 173 g/mol. The Morgan fingerprint density at radius 2 is 2.15 bits per heavy atom. The van der Waals surface area contributed by atoms with Gasteiger partial charge in [-0.05, 0) is 19.1 Å². The number of nitrogens with zero attached hydrogens (tertiary/aromatic N) is 1. The van der Waals surface area contributed by atoms with Crippen LogP contribution in [-0.4, -0.2) is 6.61 Å². The summed E-state index contributed by atoms with van der Waals surface area (Å²) in [6.07, 6.45) is 2.03. The Morgan fingerprint density at radius 1 is 1.38 bits per heavy atom. The molecular formula is C11H11NO. The molecule has 66 valence electrons. The van der Waals surface area contributed by atoms with E-state index < -0.39 is 0 Å². The summed E-state index contributed by atoms with van der Waals surface area (Å²) in [6.45, 7) is 5.46. The molecule has 0 amide bonds. The SMILES string of the molecule is C/C=C1/CO[C]N1c1ccccc1. The summed E-state index contributed by atoms with van der Waals surface area (Å²) >= 11 is 0. The van der Waals surface area contributed by atoms with Gasteiger partial charge in [0.25, 0.3) is 6.73 Å². The van der Waals surface area contributed by atoms with Crippen molar-refractivity contribution >= 4 is 5.69 Å². The predicted molar refractivity (Wildman–Crippen MR) is 51.9 cm³/mol. The average molecular weight is 173 g/mol. The average Bonchev–Trinajstić information content (AvgIpc) is 2.67. The van der Waals surface area contributed by atoms with E-state index in [1.807, 2.05) is 48.2 Å². The van der Waals surface area contributed by atoms with E-state index in [1.54, 1.807) is 0 Å². The quantitative estimate of drug-likeness (QED) is 0.646. The number of hydrogen-bond acceptors (Lipinski definition) is 2. The number of hydrogen-bond donors (Lipinski definition) is 0. The van der Waals surface area contributed by atoms with Crippen molar-refractivity contribution < 1.29 is 4.74 Å². The molecule has 1 aromatic carbocycles. The lowest BCUT2D eigenvalue weighted by Gasteiger charge is -2.15. The molecule has 0 aliphatic carbocycles. The number of rotatable bonds is 1. The van der Waals surface area contributed by atoms with Gasteiger partial charge >= 0.3 is 0 Å². The molecule has 0 aromatic heterocycles. The van der Waals surface area contributed by atoms with Crippen LogP contribution in [0.2, 0.25) is 0 Å². The maximum atomic E-state index is 5.12. The third-order valence-corrected chi connectivity index (χ3v) is 2.01. The van der Waals surface area contributed by atoms with Crippen LogP contribution in [0.25, 0.3) is 0 Å². The molecule has 2 heteroatoms. The molecule has 0 saturated carbocycles. The Bertz CT molecular complexity index is 305. The van der Waals surface area contributed by atoms with Crippen LogP contribution in [0.1, 0.15) is 6.92 Å². The molecule has 2 radical (unpaired) electrons. The van der Waals surface area contributed by atoms with Crippen molar-refractivity contribution in [3.63, 3.8) is 0 Å². The van der Waals surface area contributed by atoms with Gasteiger partial charge in [0, 0.05) is 11.4 Å². The van der Waals surface area contributed by atoms with Crippen molar-refractivity contribution in [2.75, 3.05) is 11.5 Å². The lowest BCUT2D eigenvalue weighted by molar-refractivity contribution is 0.265. The van der Waals surface area contributed by atoms with Crippen molar-refractivity contribution in [3.8, 4) is 0 Å². The Balaban J connectivity index is 2.27. The zero-order valence-electron chi connectivity index (χ0n) is 7.53. The van der Waals surface area contributed by atoms with Gasteiger partial charge in [0.15, 0.2) is 0 Å². The summed E-state index contributed by atoms with van der Waals surface area (Å²) in [5.41, 5.74) is 2.22. The molecule has 1 aliphatic rings. The highest BCUT2D eigenvalue weighted by Gasteiger charge is 2.19. The standard InChI is InChI=1S/C11H11NO/c1-2-10-8-13-9-12(10)11-6-4-3-5-7-11/h2-7H,8H2,1H3/b10-2-. The zero-order valence-corrected chi connectivity index (χ0v) is 7.53. The van der Waals surface area contributed by atoms with Crippen LogP contribution in [0, 0.1) is 6.73 Å². The zero-order chi connectivity index (χ0) is 9.10. The predicted octanol–water partition coefficient (Wildman–Crippen LogP) is 2.42. The molecule has 0 N–H and O–H groups in total. The second-order valence-corrected chi connectivity index (χ2v) is 2.83. The van der Waals surface area contributed by atoms with Gasteiger partial charge in [-0.15, -0.1) is 0 Å². The molecule has 1 aliphatic heterocycles. The second-order valence-electron chi connectivity index (χ2n) is 2.83. The van der Waals surface area contributed by atoms with Crippen molar-refractivity contribution in [2.24, 2.45) is 0 Å². The van der Waals surface area contributed by atoms with Gasteiger partial charge in [-0.25, -0.2) is 0 Å². The van der Waals surface area contributed by atoms with Gasteiger partial charge in [0.05, 0.1) is 6.61 Å². The third kappa shape index (κ3) is 1.58. The molecule has 0 bridgehead atoms. The molecule has 1 heterocycles. The van der Waals surface area contributed by atoms with Gasteiger partial charge in [0.2, 0.25) is 0 Å². The summed E-state index contributed by atoms with van der Waals surface area (Å²) < 4.78 is 5.12. The molecular weight excluding hydrogens is 162 g/mol. The Labute approximate surface area is 78.4 Å². The fourth-order valence-electron chi connectivity index (χ4n) is 1.30. The molecule has 1 aromatic rings. The van der Waals surface area contributed by atoms with Crippen LogP contribution in [0.5, 0.6) is 0 Å². The fourth-order valence-corrected chi connectivity index (χ4v) is 1.30. The first-order valence-corrected chi connectivity index (χ1v) is 4.29. The minimum atomic E-state index is 0.616. The molecule has 0 atom stereocenters. The van der Waals surface area contributed by atoms with Crippen LogP contribution < -0.4 is 4.90 Å². The molecule has 2 rings (SSSR count). The number of para-hydroxylation sites is 1. The van der Waals surface area contributed by atoms with E-state index in [1.165, 1.54) is 0 Å². The van der Waals surface area contributed by atoms with E-state index >= 15 is 0 Å². The molecule has 2 nitrogen and oxygen atoms in total. The summed E-state index contributed by atoms with van der Waals surface area (Å²) in [5.74, 6) is 0. The topological polar surface area (TPSA) is 12.5 Å². The number of benzene rings is 1. The van der Waals surface area contributed by atoms with Gasteiger partial charge in [-0.1, -0.05) is 24.3 Å². The molecule has 13 heavy (non-hydrogen) atoms. The normalized spacial score (nSPS) is 19.8. The van der Waals surface area contributed by atoms with E-state index in [4.69, 9.17) is 4.74 Å². The highest BCUT2D eigenvalue weighted by atomic mass is 16.5. The first-order valence-electron chi connectivity index (χ1n) is 4.29. The molecule has 0 unspecified atom stereocenters. The van der Waals surface area contributed by atoms with Crippen LogP contribution in [0.3, 0.4) is 0 Å². The van der Waals surface area contributed by atoms with Crippen LogP contribution in [0.4, 0.5) is 5.69 Å². The van der Waals surface area contributed by atoms with Crippen molar-refractivity contribution in [3.05, 3.63) is 48.8 Å². The Hall–Kier alpha value is -1.28. The van der Waals surface area contributed by atoms with Gasteiger partial charge < -0.3 is 9.64 Å². The van der Waals surface area contributed by atoms with E-state index in [9.17, 15) is 0 Å². The van der Waals surface area contributed by atoms with E-state index in [-0.39, 0.29) is 0 Å². The largest absolute Gasteiger partial charge is 0.340 e. The van der Waals surface area contributed by atoms with Crippen molar-refractivity contribution in [1.82, 2.24) is 0 Å². The van der Waals surface area contributed by atoms with Crippen LogP contribution >= 0.6 is 0 Å². The molecule has 1 fully saturated rings. The van der Waals surface area contributed by atoms with E-state index in [0.29, 0.717) is 6.61 Å². The van der Waals surface area contributed by atoms with E-state index in [2.05, 4.69) is 6.73 Å².